The molecule has 0 aliphatic rings. The predicted molar refractivity (Wildman–Crippen MR) is 77.1 cm³/mol. The molecular weight excluding hydrogens is 236 g/mol. The molecule has 19 heavy (non-hydrogen) atoms. The summed E-state index contributed by atoms with van der Waals surface area (Å²) in [6, 6.07) is 6.15. The third-order valence-electron chi connectivity index (χ3n) is 3.00. The lowest BCUT2D eigenvalue weighted by Gasteiger charge is -2.15. The van der Waals surface area contributed by atoms with Gasteiger partial charge in [0.25, 0.3) is 0 Å². The fraction of sp³-hybridized carbons (Fsp3) is 0.400. The summed E-state index contributed by atoms with van der Waals surface area (Å²) in [6.45, 7) is 8.34. The third-order valence-corrected chi connectivity index (χ3v) is 3.00. The third kappa shape index (κ3) is 3.50. The molecule has 2 aromatic rings. The monoisotopic (exact) mass is 256 g/mol. The molecule has 0 spiro atoms. The largest absolute Gasteiger partial charge is 0.348 e. The standard InChI is InChI=1S/C15H20N4/c1-10(2)14-8-11(3)17-15(19-14)18-12(4)13-6-5-7-16-9-13/h5-10,12H,1-4H3,(H,17,18,19). The first-order chi connectivity index (χ1) is 9.06. The van der Waals surface area contributed by atoms with Crippen LogP contribution < -0.4 is 5.32 Å². The van der Waals surface area contributed by atoms with E-state index in [1.807, 2.05) is 31.3 Å². The maximum atomic E-state index is 4.56. The van der Waals surface area contributed by atoms with Gasteiger partial charge >= 0.3 is 0 Å². The van der Waals surface area contributed by atoms with E-state index in [-0.39, 0.29) is 6.04 Å². The first-order valence-electron chi connectivity index (χ1n) is 6.58. The normalized spacial score (nSPS) is 12.5. The van der Waals surface area contributed by atoms with E-state index in [1.165, 1.54) is 0 Å². The Hall–Kier alpha value is -1.97. The van der Waals surface area contributed by atoms with Gasteiger partial charge in [0.1, 0.15) is 0 Å². The summed E-state index contributed by atoms with van der Waals surface area (Å²) in [6.07, 6.45) is 3.63. The van der Waals surface area contributed by atoms with E-state index >= 15 is 0 Å². The summed E-state index contributed by atoms with van der Waals surface area (Å²) >= 11 is 0. The molecule has 0 amide bonds. The van der Waals surface area contributed by atoms with Crippen molar-refractivity contribution in [2.24, 2.45) is 0 Å². The second kappa shape index (κ2) is 5.78. The van der Waals surface area contributed by atoms with Gasteiger partial charge in [-0.15, -0.1) is 0 Å². The van der Waals surface area contributed by atoms with Crippen LogP contribution in [-0.4, -0.2) is 15.0 Å². The summed E-state index contributed by atoms with van der Waals surface area (Å²) in [5.74, 6) is 1.08. The molecule has 2 aromatic heterocycles. The maximum Gasteiger partial charge on any atom is 0.223 e. The van der Waals surface area contributed by atoms with Crippen LogP contribution in [0.4, 0.5) is 5.95 Å². The fourth-order valence-electron chi connectivity index (χ4n) is 1.86. The van der Waals surface area contributed by atoms with Crippen LogP contribution in [0.2, 0.25) is 0 Å². The number of nitrogens with zero attached hydrogens (tertiary/aromatic N) is 3. The van der Waals surface area contributed by atoms with Gasteiger partial charge in [-0.25, -0.2) is 9.97 Å². The zero-order valence-corrected chi connectivity index (χ0v) is 11.9. The lowest BCUT2D eigenvalue weighted by Crippen LogP contribution is -2.11. The molecule has 0 radical (unpaired) electrons. The van der Waals surface area contributed by atoms with Gasteiger partial charge in [0.15, 0.2) is 0 Å². The second-order valence-corrected chi connectivity index (χ2v) is 5.06. The van der Waals surface area contributed by atoms with E-state index in [0.717, 1.165) is 17.0 Å². The number of rotatable bonds is 4. The van der Waals surface area contributed by atoms with Crippen LogP contribution in [0.15, 0.2) is 30.6 Å². The van der Waals surface area contributed by atoms with Crippen LogP contribution in [0.1, 0.15) is 49.7 Å². The Morgan fingerprint density at radius 2 is 1.95 bits per heavy atom. The van der Waals surface area contributed by atoms with Crippen LogP contribution in [0.3, 0.4) is 0 Å². The van der Waals surface area contributed by atoms with E-state index in [9.17, 15) is 0 Å². The van der Waals surface area contributed by atoms with E-state index in [0.29, 0.717) is 11.9 Å². The Labute approximate surface area is 114 Å². The Balaban J connectivity index is 2.19. The molecule has 0 bridgehead atoms. The molecule has 0 aromatic carbocycles. The van der Waals surface area contributed by atoms with E-state index in [4.69, 9.17) is 0 Å². The SMILES string of the molecule is Cc1cc(C(C)C)nc(NC(C)c2cccnc2)n1. The first kappa shape index (κ1) is 13.5. The van der Waals surface area contributed by atoms with Crippen molar-refractivity contribution in [3.05, 3.63) is 47.5 Å². The molecular formula is C15H20N4. The van der Waals surface area contributed by atoms with Crippen molar-refractivity contribution < 1.29 is 0 Å². The average Bonchev–Trinajstić information content (AvgIpc) is 2.39. The molecule has 0 fully saturated rings. The topological polar surface area (TPSA) is 50.7 Å². The molecule has 2 heterocycles. The number of hydrogen-bond acceptors (Lipinski definition) is 4. The highest BCUT2D eigenvalue weighted by molar-refractivity contribution is 5.33. The molecule has 0 aliphatic heterocycles. The van der Waals surface area contributed by atoms with Gasteiger partial charge < -0.3 is 5.32 Å². The summed E-state index contributed by atoms with van der Waals surface area (Å²) in [4.78, 5) is 13.1. The van der Waals surface area contributed by atoms with Crippen molar-refractivity contribution in [2.75, 3.05) is 5.32 Å². The van der Waals surface area contributed by atoms with E-state index in [1.54, 1.807) is 6.20 Å². The first-order valence-corrected chi connectivity index (χ1v) is 6.58. The number of aryl methyl sites for hydroxylation is 1. The summed E-state index contributed by atoms with van der Waals surface area (Å²) < 4.78 is 0. The lowest BCUT2D eigenvalue weighted by molar-refractivity contribution is 0.792. The number of hydrogen-bond donors (Lipinski definition) is 1. The highest BCUT2D eigenvalue weighted by Crippen LogP contribution is 2.18. The Bertz CT molecular complexity index is 537. The van der Waals surface area contributed by atoms with Gasteiger partial charge in [-0.1, -0.05) is 19.9 Å². The highest BCUT2D eigenvalue weighted by atomic mass is 15.1. The van der Waals surface area contributed by atoms with Gasteiger partial charge in [-0.05, 0) is 37.5 Å². The molecule has 100 valence electrons. The van der Waals surface area contributed by atoms with Crippen LogP contribution >= 0.6 is 0 Å². The van der Waals surface area contributed by atoms with Crippen LogP contribution in [0.25, 0.3) is 0 Å². The van der Waals surface area contributed by atoms with Gasteiger partial charge in [0.2, 0.25) is 5.95 Å². The van der Waals surface area contributed by atoms with Crippen molar-refractivity contribution in [3.63, 3.8) is 0 Å². The van der Waals surface area contributed by atoms with Crippen LogP contribution in [-0.2, 0) is 0 Å². The molecule has 4 heteroatoms. The van der Waals surface area contributed by atoms with Gasteiger partial charge in [-0.3, -0.25) is 4.98 Å². The minimum atomic E-state index is 0.135. The van der Waals surface area contributed by atoms with Crippen molar-refractivity contribution >= 4 is 5.95 Å². The van der Waals surface area contributed by atoms with Crippen molar-refractivity contribution in [3.8, 4) is 0 Å². The lowest BCUT2D eigenvalue weighted by atomic mass is 10.1. The number of anilines is 1. The Morgan fingerprint density at radius 3 is 2.58 bits per heavy atom. The average molecular weight is 256 g/mol. The van der Waals surface area contributed by atoms with Gasteiger partial charge in [-0.2, -0.15) is 0 Å². The quantitative estimate of drug-likeness (QED) is 0.910. The second-order valence-electron chi connectivity index (χ2n) is 5.06. The summed E-state index contributed by atoms with van der Waals surface area (Å²) in [5.41, 5.74) is 3.17. The van der Waals surface area contributed by atoms with Crippen LogP contribution in [0.5, 0.6) is 0 Å². The molecule has 2 rings (SSSR count). The minimum absolute atomic E-state index is 0.135. The van der Waals surface area contributed by atoms with Crippen molar-refractivity contribution in [1.29, 1.82) is 0 Å². The van der Waals surface area contributed by atoms with E-state index < -0.39 is 0 Å². The zero-order valence-electron chi connectivity index (χ0n) is 11.9. The van der Waals surface area contributed by atoms with Gasteiger partial charge in [0, 0.05) is 23.8 Å². The van der Waals surface area contributed by atoms with Crippen molar-refractivity contribution in [1.82, 2.24) is 15.0 Å². The van der Waals surface area contributed by atoms with Gasteiger partial charge in [0.05, 0.1) is 6.04 Å². The maximum absolute atomic E-state index is 4.56. The number of nitrogens with one attached hydrogen (secondary N) is 1. The fourth-order valence-corrected chi connectivity index (χ4v) is 1.86. The minimum Gasteiger partial charge on any atom is -0.348 e. The molecule has 1 atom stereocenters. The molecule has 1 N–H and O–H groups in total. The van der Waals surface area contributed by atoms with E-state index in [2.05, 4.69) is 41.0 Å². The molecule has 1 unspecified atom stereocenters. The number of aromatic nitrogens is 3. The molecule has 0 saturated heterocycles. The number of pyridine rings is 1. The Morgan fingerprint density at radius 1 is 1.16 bits per heavy atom. The smallest absolute Gasteiger partial charge is 0.223 e. The molecule has 0 saturated carbocycles. The summed E-state index contributed by atoms with van der Waals surface area (Å²) in [5, 5.41) is 3.33. The summed E-state index contributed by atoms with van der Waals surface area (Å²) in [7, 11) is 0. The van der Waals surface area contributed by atoms with Crippen LogP contribution in [0, 0.1) is 6.92 Å². The molecule has 4 nitrogen and oxygen atoms in total. The molecule has 0 aliphatic carbocycles. The van der Waals surface area contributed by atoms with Crippen molar-refractivity contribution in [2.45, 2.75) is 39.7 Å². The highest BCUT2D eigenvalue weighted by Gasteiger charge is 2.09. The Kier molecular flexibility index (Phi) is 4.10. The predicted octanol–water partition coefficient (Wildman–Crippen LogP) is 3.48. The zero-order chi connectivity index (χ0) is 13.8.